The molecule has 0 aromatic carbocycles. The van der Waals surface area contributed by atoms with Gasteiger partial charge in [-0.25, -0.2) is 0 Å². The molecule has 2 saturated heterocycles. The maximum absolute atomic E-state index is 6.20. The molecule has 0 bridgehead atoms. The van der Waals surface area contributed by atoms with E-state index in [1.165, 1.54) is 39.0 Å². The Labute approximate surface area is 112 Å². The van der Waals surface area contributed by atoms with Gasteiger partial charge in [-0.2, -0.15) is 0 Å². The van der Waals surface area contributed by atoms with Crippen molar-refractivity contribution in [1.82, 2.24) is 9.80 Å². The van der Waals surface area contributed by atoms with E-state index in [0.29, 0.717) is 17.6 Å². The van der Waals surface area contributed by atoms with Gasteiger partial charge in [-0.3, -0.25) is 4.90 Å². The van der Waals surface area contributed by atoms with Crippen LogP contribution < -0.4 is 0 Å². The van der Waals surface area contributed by atoms with E-state index in [1.54, 1.807) is 0 Å². The first-order valence-corrected chi connectivity index (χ1v) is 7.56. The lowest BCUT2D eigenvalue weighted by Gasteiger charge is -2.44. The molecule has 2 fully saturated rings. The van der Waals surface area contributed by atoms with Gasteiger partial charge in [0.15, 0.2) is 0 Å². The lowest BCUT2D eigenvalue weighted by atomic mass is 9.94. The van der Waals surface area contributed by atoms with Crippen LogP contribution in [-0.2, 0) is 4.74 Å². The largest absolute Gasteiger partial charge is 0.372 e. The van der Waals surface area contributed by atoms with Gasteiger partial charge in [-0.15, -0.1) is 0 Å². The van der Waals surface area contributed by atoms with Crippen LogP contribution in [0.3, 0.4) is 0 Å². The summed E-state index contributed by atoms with van der Waals surface area (Å²) in [6.07, 6.45) is 3.48. The summed E-state index contributed by atoms with van der Waals surface area (Å²) in [4.78, 5) is 5.04. The molecular formula is C15H30N2O. The number of rotatable bonds is 4. The lowest BCUT2D eigenvalue weighted by molar-refractivity contribution is -0.112. The van der Waals surface area contributed by atoms with Crippen LogP contribution in [0, 0.1) is 5.41 Å². The highest BCUT2D eigenvalue weighted by atomic mass is 16.5. The van der Waals surface area contributed by atoms with Gasteiger partial charge in [-0.05, 0) is 24.8 Å². The van der Waals surface area contributed by atoms with Crippen LogP contribution in [-0.4, -0.2) is 61.3 Å². The Morgan fingerprint density at radius 2 is 1.61 bits per heavy atom. The number of hydrogen-bond donors (Lipinski definition) is 0. The van der Waals surface area contributed by atoms with Crippen LogP contribution in [0.5, 0.6) is 0 Å². The van der Waals surface area contributed by atoms with Gasteiger partial charge in [0.1, 0.15) is 0 Å². The van der Waals surface area contributed by atoms with Crippen LogP contribution in [0.25, 0.3) is 0 Å². The predicted octanol–water partition coefficient (Wildman–Crippen LogP) is 2.22. The standard InChI is InChI=1S/C15H30N2O/c1-5-16-8-6-13(7-9-16)18-14-10-17(11-14)12-15(2,3)4/h13-14H,5-12H2,1-4H3. The van der Waals surface area contributed by atoms with E-state index in [1.807, 2.05) is 0 Å². The topological polar surface area (TPSA) is 15.7 Å². The highest BCUT2D eigenvalue weighted by Gasteiger charge is 2.32. The van der Waals surface area contributed by atoms with Crippen molar-refractivity contribution in [2.45, 2.75) is 52.7 Å². The second-order valence-electron chi connectivity index (χ2n) is 7.15. The highest BCUT2D eigenvalue weighted by molar-refractivity contribution is 4.85. The highest BCUT2D eigenvalue weighted by Crippen LogP contribution is 2.23. The summed E-state index contributed by atoms with van der Waals surface area (Å²) in [5.74, 6) is 0. The Morgan fingerprint density at radius 3 is 2.11 bits per heavy atom. The fraction of sp³-hybridized carbons (Fsp3) is 1.00. The van der Waals surface area contributed by atoms with E-state index in [2.05, 4.69) is 37.5 Å². The van der Waals surface area contributed by atoms with Crippen LogP contribution in [0.1, 0.15) is 40.5 Å². The number of piperidine rings is 1. The van der Waals surface area contributed by atoms with E-state index in [9.17, 15) is 0 Å². The molecule has 0 amide bonds. The van der Waals surface area contributed by atoms with Crippen molar-refractivity contribution >= 4 is 0 Å². The van der Waals surface area contributed by atoms with Crippen LogP contribution in [0.4, 0.5) is 0 Å². The second kappa shape index (κ2) is 5.89. The van der Waals surface area contributed by atoms with E-state index in [4.69, 9.17) is 4.74 Å². The monoisotopic (exact) mass is 254 g/mol. The van der Waals surface area contributed by atoms with Gasteiger partial charge in [0.05, 0.1) is 12.2 Å². The molecule has 0 radical (unpaired) electrons. The van der Waals surface area contributed by atoms with Crippen LogP contribution in [0.15, 0.2) is 0 Å². The summed E-state index contributed by atoms with van der Waals surface area (Å²) in [6, 6.07) is 0. The summed E-state index contributed by atoms with van der Waals surface area (Å²) >= 11 is 0. The number of hydrogen-bond acceptors (Lipinski definition) is 3. The predicted molar refractivity (Wildman–Crippen MR) is 75.9 cm³/mol. The molecule has 2 heterocycles. The Bertz CT molecular complexity index is 248. The summed E-state index contributed by atoms with van der Waals surface area (Å²) in [6.45, 7) is 16.3. The van der Waals surface area contributed by atoms with Crippen molar-refractivity contribution < 1.29 is 4.74 Å². The first kappa shape index (κ1) is 14.3. The van der Waals surface area contributed by atoms with Gasteiger partial charge < -0.3 is 9.64 Å². The number of ether oxygens (including phenoxy) is 1. The average Bonchev–Trinajstić information content (AvgIpc) is 2.25. The average molecular weight is 254 g/mol. The molecule has 2 aliphatic rings. The molecular weight excluding hydrogens is 224 g/mol. The molecule has 2 rings (SSSR count). The molecule has 0 aromatic heterocycles. The molecule has 106 valence electrons. The first-order valence-electron chi connectivity index (χ1n) is 7.56. The molecule has 2 aliphatic heterocycles. The van der Waals surface area contributed by atoms with Gasteiger partial charge in [0.2, 0.25) is 0 Å². The summed E-state index contributed by atoms with van der Waals surface area (Å²) in [5, 5.41) is 0. The van der Waals surface area contributed by atoms with Crippen molar-refractivity contribution in [3.63, 3.8) is 0 Å². The maximum atomic E-state index is 6.20. The van der Waals surface area contributed by atoms with E-state index in [0.717, 1.165) is 13.1 Å². The Hall–Kier alpha value is -0.120. The minimum Gasteiger partial charge on any atom is -0.372 e. The van der Waals surface area contributed by atoms with Gasteiger partial charge in [0.25, 0.3) is 0 Å². The lowest BCUT2D eigenvalue weighted by Crippen LogP contribution is -2.56. The second-order valence-corrected chi connectivity index (χ2v) is 7.15. The van der Waals surface area contributed by atoms with E-state index < -0.39 is 0 Å². The third kappa shape index (κ3) is 4.22. The van der Waals surface area contributed by atoms with Gasteiger partial charge in [0, 0.05) is 32.7 Å². The molecule has 18 heavy (non-hydrogen) atoms. The fourth-order valence-corrected chi connectivity index (χ4v) is 3.04. The zero-order valence-electron chi connectivity index (χ0n) is 12.6. The van der Waals surface area contributed by atoms with Crippen LogP contribution >= 0.6 is 0 Å². The summed E-state index contributed by atoms with van der Waals surface area (Å²) in [7, 11) is 0. The normalized spacial score (nSPS) is 25.3. The van der Waals surface area contributed by atoms with E-state index in [-0.39, 0.29) is 0 Å². The quantitative estimate of drug-likeness (QED) is 0.765. The summed E-state index contributed by atoms with van der Waals surface area (Å²) in [5.41, 5.74) is 0.414. The van der Waals surface area contributed by atoms with Crippen molar-refractivity contribution in [1.29, 1.82) is 0 Å². The SMILES string of the molecule is CCN1CCC(OC2CN(CC(C)(C)C)C2)CC1. The maximum Gasteiger partial charge on any atom is 0.0832 e. The minimum absolute atomic E-state index is 0.414. The smallest absolute Gasteiger partial charge is 0.0832 e. The third-order valence-electron chi connectivity index (χ3n) is 3.99. The van der Waals surface area contributed by atoms with Crippen LogP contribution in [0.2, 0.25) is 0 Å². The molecule has 0 saturated carbocycles. The minimum atomic E-state index is 0.414. The molecule has 3 nitrogen and oxygen atoms in total. The molecule has 0 unspecified atom stereocenters. The zero-order valence-corrected chi connectivity index (χ0v) is 12.6. The zero-order chi connectivity index (χ0) is 13.2. The van der Waals surface area contributed by atoms with Crippen molar-refractivity contribution in [2.24, 2.45) is 5.41 Å². The van der Waals surface area contributed by atoms with Gasteiger partial charge in [-0.1, -0.05) is 27.7 Å². The number of likely N-dealkylation sites (tertiary alicyclic amines) is 2. The Balaban J connectivity index is 1.60. The molecule has 0 spiro atoms. The molecule has 0 aliphatic carbocycles. The van der Waals surface area contributed by atoms with E-state index >= 15 is 0 Å². The van der Waals surface area contributed by atoms with Crippen molar-refractivity contribution in [2.75, 3.05) is 39.3 Å². The van der Waals surface area contributed by atoms with Crippen molar-refractivity contribution in [3.8, 4) is 0 Å². The molecule has 0 atom stereocenters. The third-order valence-corrected chi connectivity index (χ3v) is 3.99. The fourth-order valence-electron chi connectivity index (χ4n) is 3.04. The van der Waals surface area contributed by atoms with Crippen molar-refractivity contribution in [3.05, 3.63) is 0 Å². The Kier molecular flexibility index (Phi) is 4.68. The molecule has 3 heteroatoms. The number of nitrogens with zero attached hydrogens (tertiary/aromatic N) is 2. The molecule has 0 aromatic rings. The molecule has 0 N–H and O–H groups in total. The summed E-state index contributed by atoms with van der Waals surface area (Å²) < 4.78 is 6.20. The Morgan fingerprint density at radius 1 is 1.00 bits per heavy atom. The van der Waals surface area contributed by atoms with Gasteiger partial charge >= 0.3 is 0 Å². The first-order chi connectivity index (χ1) is 8.46.